The van der Waals surface area contributed by atoms with E-state index in [1.165, 1.54) is 25.5 Å². The summed E-state index contributed by atoms with van der Waals surface area (Å²) in [5.41, 5.74) is 0. The number of hydrogen-bond donors (Lipinski definition) is 0. The number of allylic oxidation sites excluding steroid dienone is 2. The lowest BCUT2D eigenvalue weighted by molar-refractivity contribution is 0.339. The Labute approximate surface area is 68.8 Å². The van der Waals surface area contributed by atoms with Gasteiger partial charge >= 0.3 is 0 Å². The number of hydrogen-bond acceptors (Lipinski definition) is 1. The van der Waals surface area contributed by atoms with Crippen molar-refractivity contribution in [3.63, 3.8) is 0 Å². The molecule has 11 heavy (non-hydrogen) atoms. The highest BCUT2D eigenvalue weighted by atomic mass is 16.5. The maximum absolute atomic E-state index is 4.31. The Balaban J connectivity index is 0.000000134. The van der Waals surface area contributed by atoms with Crippen LogP contribution in [0.4, 0.5) is 0 Å². The molecular formula is C10H16O. The summed E-state index contributed by atoms with van der Waals surface area (Å²) in [6.45, 7) is 3.26. The van der Waals surface area contributed by atoms with E-state index in [0.29, 0.717) is 0 Å². The van der Waals surface area contributed by atoms with E-state index in [4.69, 9.17) is 0 Å². The van der Waals surface area contributed by atoms with Crippen LogP contribution in [0, 0.1) is 11.8 Å². The molecule has 0 heterocycles. The molecule has 2 rings (SSSR count). The summed E-state index contributed by atoms with van der Waals surface area (Å²) in [6, 6.07) is 0. The lowest BCUT2D eigenvalue weighted by Crippen LogP contribution is -1.82. The van der Waals surface area contributed by atoms with Crippen LogP contribution in [0.15, 0.2) is 25.0 Å². The van der Waals surface area contributed by atoms with Crippen molar-refractivity contribution in [1.29, 1.82) is 0 Å². The van der Waals surface area contributed by atoms with E-state index < -0.39 is 0 Å². The highest BCUT2D eigenvalue weighted by Gasteiger charge is 2.25. The topological polar surface area (TPSA) is 9.23 Å². The summed E-state index contributed by atoms with van der Waals surface area (Å²) in [5, 5.41) is 0. The van der Waals surface area contributed by atoms with Gasteiger partial charge in [0, 0.05) is 0 Å². The quantitative estimate of drug-likeness (QED) is 0.414. The van der Waals surface area contributed by atoms with Crippen molar-refractivity contribution < 1.29 is 4.74 Å². The summed E-state index contributed by atoms with van der Waals surface area (Å²) in [5.74, 6) is 1.98. The van der Waals surface area contributed by atoms with Gasteiger partial charge in [-0.2, -0.15) is 0 Å². The first-order valence-electron chi connectivity index (χ1n) is 4.19. The van der Waals surface area contributed by atoms with Gasteiger partial charge in [-0.3, -0.25) is 0 Å². The van der Waals surface area contributed by atoms with Gasteiger partial charge in [0.05, 0.1) is 13.4 Å². The predicted octanol–water partition coefficient (Wildman–Crippen LogP) is 2.75. The summed E-state index contributed by atoms with van der Waals surface area (Å²) >= 11 is 0. The molecule has 1 nitrogen and oxygen atoms in total. The first-order valence-corrected chi connectivity index (χ1v) is 4.19. The molecule has 0 aliphatic heterocycles. The smallest absolute Gasteiger partial charge is 0.0766 e. The molecule has 0 amide bonds. The third kappa shape index (κ3) is 2.41. The first-order chi connectivity index (χ1) is 5.36. The van der Waals surface area contributed by atoms with Crippen molar-refractivity contribution in [2.24, 2.45) is 11.8 Å². The van der Waals surface area contributed by atoms with Gasteiger partial charge in [-0.05, 0) is 31.1 Å². The molecule has 2 aliphatic rings. The molecule has 0 radical (unpaired) electrons. The molecular weight excluding hydrogens is 136 g/mol. The largest absolute Gasteiger partial charge is 0.505 e. The molecule has 0 spiro atoms. The lowest BCUT2D eigenvalue weighted by Gasteiger charge is -1.96. The first kappa shape index (κ1) is 8.38. The van der Waals surface area contributed by atoms with Gasteiger partial charge in [-0.1, -0.05) is 18.7 Å². The van der Waals surface area contributed by atoms with E-state index in [1.54, 1.807) is 7.11 Å². The van der Waals surface area contributed by atoms with Crippen LogP contribution in [-0.2, 0) is 4.74 Å². The normalized spacial score (nSPS) is 31.0. The Morgan fingerprint density at radius 3 is 1.91 bits per heavy atom. The zero-order valence-electron chi connectivity index (χ0n) is 7.12. The minimum atomic E-state index is 0.991. The van der Waals surface area contributed by atoms with Gasteiger partial charge in [0.1, 0.15) is 0 Å². The van der Waals surface area contributed by atoms with Crippen molar-refractivity contribution in [2.45, 2.75) is 19.3 Å². The maximum atomic E-state index is 4.31. The number of rotatable bonds is 1. The van der Waals surface area contributed by atoms with Crippen molar-refractivity contribution in [3.05, 3.63) is 25.0 Å². The van der Waals surface area contributed by atoms with Crippen LogP contribution < -0.4 is 0 Å². The van der Waals surface area contributed by atoms with Crippen LogP contribution in [0.3, 0.4) is 0 Å². The molecule has 0 aromatic heterocycles. The fraction of sp³-hybridized carbons (Fsp3) is 0.600. The van der Waals surface area contributed by atoms with E-state index in [9.17, 15) is 0 Å². The third-order valence-electron chi connectivity index (χ3n) is 2.34. The SMILES string of the molecule is C1=CC2CCC1C2.C=COC. The van der Waals surface area contributed by atoms with Crippen molar-refractivity contribution >= 4 is 0 Å². The standard InChI is InChI=1S/C7H10.C3H6O/c1-2-7-4-3-6(1)5-7;1-3-4-2/h1-2,6-7H,3-5H2;3H,1H2,2H3. The minimum absolute atomic E-state index is 0.991. The molecule has 1 fully saturated rings. The van der Waals surface area contributed by atoms with Gasteiger partial charge in [-0.15, -0.1) is 0 Å². The highest BCUT2D eigenvalue weighted by molar-refractivity contribution is 5.06. The molecule has 0 N–H and O–H groups in total. The molecule has 1 saturated carbocycles. The molecule has 1 heteroatoms. The van der Waals surface area contributed by atoms with Gasteiger partial charge < -0.3 is 4.74 Å². The Morgan fingerprint density at radius 2 is 1.82 bits per heavy atom. The Morgan fingerprint density at radius 1 is 1.36 bits per heavy atom. The molecule has 2 aliphatic carbocycles. The molecule has 62 valence electrons. The van der Waals surface area contributed by atoms with Crippen LogP contribution in [0.1, 0.15) is 19.3 Å². The second kappa shape index (κ2) is 4.22. The zero-order valence-corrected chi connectivity index (χ0v) is 7.12. The summed E-state index contributed by atoms with van der Waals surface area (Å²) in [7, 11) is 1.56. The van der Waals surface area contributed by atoms with Crippen LogP contribution in [-0.4, -0.2) is 7.11 Å². The van der Waals surface area contributed by atoms with Crippen molar-refractivity contribution in [3.8, 4) is 0 Å². The minimum Gasteiger partial charge on any atom is -0.505 e. The number of fused-ring (bicyclic) bond motifs is 2. The van der Waals surface area contributed by atoms with E-state index in [0.717, 1.165) is 11.8 Å². The molecule has 0 aromatic rings. The average Bonchev–Trinajstić information content (AvgIpc) is 2.67. The molecule has 2 atom stereocenters. The highest BCUT2D eigenvalue weighted by Crippen LogP contribution is 2.38. The maximum Gasteiger partial charge on any atom is 0.0766 e. The Hall–Kier alpha value is -0.720. The monoisotopic (exact) mass is 152 g/mol. The molecule has 0 aromatic carbocycles. The zero-order chi connectivity index (χ0) is 8.10. The molecule has 2 unspecified atom stereocenters. The Bertz CT molecular complexity index is 137. The van der Waals surface area contributed by atoms with Crippen LogP contribution in [0.5, 0.6) is 0 Å². The number of ether oxygens (including phenoxy) is 1. The van der Waals surface area contributed by atoms with Crippen molar-refractivity contribution in [2.75, 3.05) is 7.11 Å². The Kier molecular flexibility index (Phi) is 3.21. The second-order valence-electron chi connectivity index (χ2n) is 3.12. The lowest BCUT2D eigenvalue weighted by atomic mass is 10.1. The van der Waals surface area contributed by atoms with E-state index in [2.05, 4.69) is 23.5 Å². The number of methoxy groups -OCH3 is 1. The third-order valence-corrected chi connectivity index (χ3v) is 2.34. The second-order valence-corrected chi connectivity index (χ2v) is 3.12. The summed E-state index contributed by atoms with van der Waals surface area (Å²) < 4.78 is 4.31. The summed E-state index contributed by atoms with van der Waals surface area (Å²) in [4.78, 5) is 0. The molecule has 0 saturated heterocycles. The van der Waals surface area contributed by atoms with Crippen LogP contribution in [0.2, 0.25) is 0 Å². The van der Waals surface area contributed by atoms with Crippen molar-refractivity contribution in [1.82, 2.24) is 0 Å². The summed E-state index contributed by atoms with van der Waals surface area (Å²) in [6.07, 6.45) is 10.6. The average molecular weight is 152 g/mol. The fourth-order valence-electron chi connectivity index (χ4n) is 1.72. The van der Waals surface area contributed by atoms with Gasteiger partial charge in [0.2, 0.25) is 0 Å². The van der Waals surface area contributed by atoms with Gasteiger partial charge in [-0.25, -0.2) is 0 Å². The van der Waals surface area contributed by atoms with Crippen LogP contribution >= 0.6 is 0 Å². The van der Waals surface area contributed by atoms with Gasteiger partial charge in [0.15, 0.2) is 0 Å². The van der Waals surface area contributed by atoms with E-state index >= 15 is 0 Å². The fourth-order valence-corrected chi connectivity index (χ4v) is 1.72. The van der Waals surface area contributed by atoms with E-state index in [-0.39, 0.29) is 0 Å². The van der Waals surface area contributed by atoms with Gasteiger partial charge in [0.25, 0.3) is 0 Å². The predicted molar refractivity (Wildman–Crippen MR) is 47.2 cm³/mol. The van der Waals surface area contributed by atoms with E-state index in [1.807, 2.05) is 0 Å². The van der Waals surface area contributed by atoms with Crippen LogP contribution in [0.25, 0.3) is 0 Å². The molecule has 2 bridgehead atoms.